The lowest BCUT2D eigenvalue weighted by Crippen LogP contribution is -2.23. The highest BCUT2D eigenvalue weighted by atomic mass is 16.7. The summed E-state index contributed by atoms with van der Waals surface area (Å²) in [5.41, 5.74) is 0.591. The first-order valence-electron chi connectivity index (χ1n) is 6.21. The summed E-state index contributed by atoms with van der Waals surface area (Å²) in [6, 6.07) is 14.4. The Kier molecular flexibility index (Phi) is 3.56. The van der Waals surface area contributed by atoms with Gasteiger partial charge in [0.1, 0.15) is 5.75 Å². The van der Waals surface area contributed by atoms with Gasteiger partial charge < -0.3 is 14.2 Å². The van der Waals surface area contributed by atoms with E-state index < -0.39 is 0 Å². The fourth-order valence-corrected chi connectivity index (χ4v) is 1.80. The van der Waals surface area contributed by atoms with E-state index in [1.165, 1.54) is 0 Å². The molecular weight excluding hydrogens is 270 g/mol. The smallest absolute Gasteiger partial charge is 0.309 e. The van der Waals surface area contributed by atoms with Crippen molar-refractivity contribution in [3.8, 4) is 23.4 Å². The van der Waals surface area contributed by atoms with Crippen molar-refractivity contribution in [3.05, 3.63) is 48.5 Å². The van der Waals surface area contributed by atoms with Crippen LogP contribution in [0.4, 0.5) is 5.69 Å². The molecule has 0 aliphatic carbocycles. The molecule has 3 rings (SSSR count). The van der Waals surface area contributed by atoms with E-state index in [1.54, 1.807) is 36.5 Å². The molecule has 1 N–H and O–H groups in total. The number of amidine groups is 1. The van der Waals surface area contributed by atoms with Crippen molar-refractivity contribution in [2.75, 3.05) is 6.79 Å². The van der Waals surface area contributed by atoms with Gasteiger partial charge in [-0.2, -0.15) is 10.3 Å². The van der Waals surface area contributed by atoms with Gasteiger partial charge in [0.15, 0.2) is 17.7 Å². The average molecular weight is 281 g/mol. The van der Waals surface area contributed by atoms with E-state index in [1.807, 2.05) is 18.2 Å². The van der Waals surface area contributed by atoms with Crippen LogP contribution in [0.25, 0.3) is 0 Å². The number of aliphatic imine (C=N–C) groups is 1. The highest BCUT2D eigenvalue weighted by molar-refractivity contribution is 5.80. The van der Waals surface area contributed by atoms with Crippen molar-refractivity contribution < 1.29 is 14.2 Å². The maximum atomic E-state index is 8.78. The zero-order valence-corrected chi connectivity index (χ0v) is 10.9. The molecule has 0 radical (unpaired) electrons. The Morgan fingerprint density at radius 1 is 1.14 bits per heavy atom. The Bertz CT molecular complexity index is 708. The lowest BCUT2D eigenvalue weighted by atomic mass is 10.3. The van der Waals surface area contributed by atoms with Gasteiger partial charge in [0.25, 0.3) is 0 Å². The van der Waals surface area contributed by atoms with Crippen molar-refractivity contribution in [1.82, 2.24) is 5.32 Å². The molecular formula is C15H11N3O3. The van der Waals surface area contributed by atoms with Crippen molar-refractivity contribution in [1.29, 1.82) is 5.26 Å². The maximum absolute atomic E-state index is 8.78. The first-order chi connectivity index (χ1) is 10.3. The van der Waals surface area contributed by atoms with Gasteiger partial charge in [-0.15, -0.1) is 0 Å². The number of rotatable bonds is 2. The molecule has 0 saturated carbocycles. The van der Waals surface area contributed by atoms with Gasteiger partial charge >= 0.3 is 6.02 Å². The average Bonchev–Trinajstić information content (AvgIpc) is 2.96. The second-order valence-electron chi connectivity index (χ2n) is 4.11. The number of hydrogen-bond donors (Lipinski definition) is 1. The topological polar surface area (TPSA) is 75.9 Å². The number of para-hydroxylation sites is 1. The lowest BCUT2D eigenvalue weighted by Gasteiger charge is -2.06. The zero-order valence-electron chi connectivity index (χ0n) is 10.9. The first kappa shape index (κ1) is 12.8. The number of nitriles is 1. The molecule has 2 aromatic carbocycles. The van der Waals surface area contributed by atoms with Crippen molar-refractivity contribution >= 4 is 11.7 Å². The van der Waals surface area contributed by atoms with E-state index in [2.05, 4.69) is 10.3 Å². The van der Waals surface area contributed by atoms with Crippen LogP contribution in [0, 0.1) is 11.5 Å². The van der Waals surface area contributed by atoms with E-state index in [0.717, 1.165) is 0 Å². The van der Waals surface area contributed by atoms with E-state index >= 15 is 0 Å². The summed E-state index contributed by atoms with van der Waals surface area (Å²) in [7, 11) is 0. The molecule has 0 saturated heterocycles. The van der Waals surface area contributed by atoms with Crippen LogP contribution >= 0.6 is 0 Å². The van der Waals surface area contributed by atoms with Crippen LogP contribution in [-0.2, 0) is 0 Å². The van der Waals surface area contributed by atoms with E-state index in [4.69, 9.17) is 19.5 Å². The van der Waals surface area contributed by atoms with Gasteiger partial charge in [-0.25, -0.2) is 5.32 Å². The molecule has 1 heterocycles. The summed E-state index contributed by atoms with van der Waals surface area (Å²) in [4.78, 5) is 4.25. The third-order valence-corrected chi connectivity index (χ3v) is 2.71. The minimum absolute atomic E-state index is 0.0857. The third-order valence-electron chi connectivity index (χ3n) is 2.71. The minimum Gasteiger partial charge on any atom is -0.454 e. The second-order valence-corrected chi connectivity index (χ2v) is 4.11. The summed E-state index contributed by atoms with van der Waals surface area (Å²) >= 11 is 0. The van der Waals surface area contributed by atoms with Crippen LogP contribution in [0.1, 0.15) is 0 Å². The van der Waals surface area contributed by atoms with Crippen molar-refractivity contribution in [3.63, 3.8) is 0 Å². The lowest BCUT2D eigenvalue weighted by molar-refractivity contribution is 0.174. The minimum atomic E-state index is 0.0857. The summed E-state index contributed by atoms with van der Waals surface area (Å²) in [5, 5.41) is 11.2. The SMILES string of the molecule is N#CNC(=Nc1ccc2c(c1)OCO2)Oc1ccccc1. The molecule has 0 bridgehead atoms. The Hall–Kier alpha value is -3.20. The van der Waals surface area contributed by atoms with Gasteiger partial charge in [0, 0.05) is 6.07 Å². The molecule has 1 aliphatic rings. The third kappa shape index (κ3) is 3.04. The fraction of sp³-hybridized carbons (Fsp3) is 0.0667. The normalized spacial score (nSPS) is 12.6. The van der Waals surface area contributed by atoms with Crippen LogP contribution in [0.5, 0.6) is 17.2 Å². The molecule has 0 fully saturated rings. The Morgan fingerprint density at radius 2 is 1.95 bits per heavy atom. The van der Waals surface area contributed by atoms with Crippen LogP contribution in [0.2, 0.25) is 0 Å². The van der Waals surface area contributed by atoms with Gasteiger partial charge in [0.05, 0.1) is 5.69 Å². The van der Waals surface area contributed by atoms with E-state index in [-0.39, 0.29) is 12.8 Å². The van der Waals surface area contributed by atoms with Gasteiger partial charge in [0.2, 0.25) is 6.79 Å². The second kappa shape index (κ2) is 5.84. The van der Waals surface area contributed by atoms with Crippen molar-refractivity contribution in [2.24, 2.45) is 4.99 Å². The summed E-state index contributed by atoms with van der Waals surface area (Å²) in [6.45, 7) is 0.201. The van der Waals surface area contributed by atoms with E-state index in [9.17, 15) is 0 Å². The van der Waals surface area contributed by atoms with Gasteiger partial charge in [-0.05, 0) is 24.3 Å². The number of nitrogens with one attached hydrogen (secondary N) is 1. The van der Waals surface area contributed by atoms with Crippen LogP contribution in [0.15, 0.2) is 53.5 Å². The Labute approximate surface area is 121 Å². The Morgan fingerprint density at radius 3 is 2.76 bits per heavy atom. The van der Waals surface area contributed by atoms with Gasteiger partial charge in [-0.3, -0.25) is 0 Å². The molecule has 2 aromatic rings. The van der Waals surface area contributed by atoms with Gasteiger partial charge in [-0.1, -0.05) is 18.2 Å². The summed E-state index contributed by atoms with van der Waals surface area (Å²) in [5.74, 6) is 1.87. The molecule has 21 heavy (non-hydrogen) atoms. The van der Waals surface area contributed by atoms with Crippen LogP contribution in [0.3, 0.4) is 0 Å². The predicted molar refractivity (Wildman–Crippen MR) is 75.5 cm³/mol. The largest absolute Gasteiger partial charge is 0.454 e. The number of nitrogens with zero attached hydrogens (tertiary/aromatic N) is 2. The number of ether oxygens (including phenoxy) is 3. The Balaban J connectivity index is 1.84. The molecule has 6 nitrogen and oxygen atoms in total. The van der Waals surface area contributed by atoms with Crippen LogP contribution < -0.4 is 19.5 Å². The quantitative estimate of drug-likeness (QED) is 0.396. The molecule has 104 valence electrons. The molecule has 0 amide bonds. The molecule has 1 aliphatic heterocycles. The number of hydrogen-bond acceptors (Lipinski definition) is 5. The van der Waals surface area contributed by atoms with Crippen molar-refractivity contribution in [2.45, 2.75) is 0 Å². The number of fused-ring (bicyclic) bond motifs is 1. The van der Waals surface area contributed by atoms with Crippen LogP contribution in [-0.4, -0.2) is 12.8 Å². The van der Waals surface area contributed by atoms with E-state index in [0.29, 0.717) is 22.9 Å². The summed E-state index contributed by atoms with van der Waals surface area (Å²) < 4.78 is 16.0. The maximum Gasteiger partial charge on any atom is 0.309 e. The highest BCUT2D eigenvalue weighted by Gasteiger charge is 2.13. The molecule has 6 heteroatoms. The first-order valence-corrected chi connectivity index (χ1v) is 6.21. The summed E-state index contributed by atoms with van der Waals surface area (Å²) in [6.07, 6.45) is 1.80. The highest BCUT2D eigenvalue weighted by Crippen LogP contribution is 2.35. The monoisotopic (exact) mass is 281 g/mol. The molecule has 0 spiro atoms. The number of benzene rings is 2. The standard InChI is InChI=1S/C15H11N3O3/c16-9-17-15(21-12-4-2-1-3-5-12)18-11-6-7-13-14(8-11)20-10-19-13/h1-8H,10H2,(H,17,18). The molecule has 0 aromatic heterocycles. The molecule has 0 unspecified atom stereocenters. The molecule has 0 atom stereocenters. The predicted octanol–water partition coefficient (Wildman–Crippen LogP) is 2.55. The fourth-order valence-electron chi connectivity index (χ4n) is 1.80. The zero-order chi connectivity index (χ0) is 14.5.